The average molecular weight is 502 g/mol. The number of aryl methyl sites for hydroxylation is 1. The first-order chi connectivity index (χ1) is 17.8. The smallest absolute Gasteiger partial charge is 0.410 e. The van der Waals surface area contributed by atoms with E-state index in [1.807, 2.05) is 37.8 Å². The summed E-state index contributed by atoms with van der Waals surface area (Å²) in [5, 5.41) is 4.38. The van der Waals surface area contributed by atoms with Crippen LogP contribution in [0.5, 0.6) is 0 Å². The number of nitrogens with one attached hydrogen (secondary N) is 1. The van der Waals surface area contributed by atoms with Crippen molar-refractivity contribution in [3.63, 3.8) is 0 Å². The minimum absolute atomic E-state index is 0.229. The molecule has 0 spiro atoms. The summed E-state index contributed by atoms with van der Waals surface area (Å²) in [6, 6.07) is 10.5. The van der Waals surface area contributed by atoms with Crippen LogP contribution < -0.4 is 0 Å². The number of ether oxygens (including phenoxy) is 1. The van der Waals surface area contributed by atoms with Gasteiger partial charge in [0.1, 0.15) is 11.4 Å². The van der Waals surface area contributed by atoms with Crippen molar-refractivity contribution in [3.8, 4) is 11.1 Å². The lowest BCUT2D eigenvalue weighted by atomic mass is 10.1. The van der Waals surface area contributed by atoms with E-state index in [2.05, 4.69) is 63.4 Å². The van der Waals surface area contributed by atoms with E-state index in [9.17, 15) is 4.79 Å². The molecule has 3 aromatic heterocycles. The predicted molar refractivity (Wildman–Crippen MR) is 143 cm³/mol. The maximum atomic E-state index is 12.3. The maximum absolute atomic E-state index is 12.3. The minimum Gasteiger partial charge on any atom is -0.444 e. The minimum atomic E-state index is -0.470. The number of piperazine rings is 1. The Morgan fingerprint density at radius 2 is 1.89 bits per heavy atom. The first-order valence-corrected chi connectivity index (χ1v) is 12.9. The van der Waals surface area contributed by atoms with Crippen LogP contribution in [0.25, 0.3) is 22.2 Å². The summed E-state index contributed by atoms with van der Waals surface area (Å²) < 4.78 is 7.44. The molecule has 1 amide bonds. The average Bonchev–Trinajstić information content (AvgIpc) is 3.50. The van der Waals surface area contributed by atoms with Gasteiger partial charge in [-0.3, -0.25) is 14.6 Å². The molecule has 4 heterocycles. The van der Waals surface area contributed by atoms with E-state index in [-0.39, 0.29) is 6.09 Å². The largest absolute Gasteiger partial charge is 0.444 e. The van der Waals surface area contributed by atoms with Crippen molar-refractivity contribution in [2.45, 2.75) is 52.8 Å². The molecular formula is C28H35N7O2. The zero-order chi connectivity index (χ0) is 26.0. The summed E-state index contributed by atoms with van der Waals surface area (Å²) in [5.74, 6) is 0.895. The maximum Gasteiger partial charge on any atom is 0.410 e. The second-order valence-electron chi connectivity index (χ2n) is 10.6. The highest BCUT2D eigenvalue weighted by Gasteiger charge is 2.25. The number of fused-ring (bicyclic) bond motifs is 1. The van der Waals surface area contributed by atoms with Gasteiger partial charge in [-0.05, 0) is 63.1 Å². The van der Waals surface area contributed by atoms with Gasteiger partial charge in [-0.15, -0.1) is 0 Å². The Bertz CT molecular complexity index is 1380. The van der Waals surface area contributed by atoms with Crippen molar-refractivity contribution in [2.24, 2.45) is 0 Å². The van der Waals surface area contributed by atoms with E-state index in [4.69, 9.17) is 9.72 Å². The fraction of sp³-hybridized carbons (Fsp3) is 0.429. The van der Waals surface area contributed by atoms with Crippen molar-refractivity contribution in [1.82, 2.24) is 34.5 Å². The third-order valence-electron chi connectivity index (χ3n) is 6.48. The molecule has 0 atom stereocenters. The van der Waals surface area contributed by atoms with Crippen LogP contribution in [0.3, 0.4) is 0 Å². The van der Waals surface area contributed by atoms with Gasteiger partial charge in [0.25, 0.3) is 0 Å². The molecule has 1 aromatic carbocycles. The van der Waals surface area contributed by atoms with Crippen LogP contribution in [0.2, 0.25) is 0 Å². The summed E-state index contributed by atoms with van der Waals surface area (Å²) in [6.45, 7) is 12.4. The number of imidazole rings is 1. The van der Waals surface area contributed by atoms with Gasteiger partial charge in [-0.25, -0.2) is 9.78 Å². The molecule has 5 rings (SSSR count). The number of aromatic nitrogens is 5. The zero-order valence-corrected chi connectivity index (χ0v) is 22.1. The lowest BCUT2D eigenvalue weighted by molar-refractivity contribution is 0.0139. The number of hydrogen-bond donors (Lipinski definition) is 1. The van der Waals surface area contributed by atoms with E-state index in [0.717, 1.165) is 59.9 Å². The van der Waals surface area contributed by atoms with Crippen LogP contribution in [0.4, 0.5) is 4.79 Å². The number of H-pyrrole nitrogens is 1. The lowest BCUT2D eigenvalue weighted by Gasteiger charge is -2.35. The van der Waals surface area contributed by atoms with Crippen LogP contribution in [0.1, 0.15) is 44.8 Å². The van der Waals surface area contributed by atoms with Gasteiger partial charge in [-0.2, -0.15) is 5.10 Å². The van der Waals surface area contributed by atoms with E-state index in [1.165, 1.54) is 5.56 Å². The predicted octanol–water partition coefficient (Wildman–Crippen LogP) is 4.48. The van der Waals surface area contributed by atoms with Crippen LogP contribution in [0.15, 0.2) is 48.9 Å². The SMILES string of the molecule is CCn1cc(-c2ccc3nc(Cc4cc(CN5CCN(C(=O)OC(C)(C)C)CC5)ccn4)[nH]c3c2)cn1. The number of amides is 1. The molecule has 0 bridgehead atoms. The Morgan fingerprint density at radius 3 is 2.62 bits per heavy atom. The quantitative estimate of drug-likeness (QED) is 0.419. The number of nitrogens with zero attached hydrogens (tertiary/aromatic N) is 6. The Hall–Kier alpha value is -3.72. The fourth-order valence-electron chi connectivity index (χ4n) is 4.58. The third-order valence-corrected chi connectivity index (χ3v) is 6.48. The number of benzene rings is 1. The molecule has 1 fully saturated rings. The molecule has 0 aliphatic carbocycles. The Kier molecular flexibility index (Phi) is 6.97. The monoisotopic (exact) mass is 501 g/mol. The molecule has 194 valence electrons. The molecule has 9 nitrogen and oxygen atoms in total. The molecule has 0 saturated carbocycles. The normalized spacial score (nSPS) is 14.9. The van der Waals surface area contributed by atoms with Crippen LogP contribution in [-0.2, 0) is 24.2 Å². The Morgan fingerprint density at radius 1 is 1.08 bits per heavy atom. The third kappa shape index (κ3) is 6.17. The highest BCUT2D eigenvalue weighted by Crippen LogP contribution is 2.24. The highest BCUT2D eigenvalue weighted by molar-refractivity contribution is 5.81. The standard InChI is InChI=1S/C28H35N7O2/c1-5-35-19-22(17-30-35)21-6-7-24-25(15-21)32-26(31-24)16-23-14-20(8-9-29-23)18-33-10-12-34(13-11-33)27(36)37-28(2,3)4/h6-9,14-15,17,19H,5,10-13,16,18H2,1-4H3,(H,31,32). The zero-order valence-electron chi connectivity index (χ0n) is 22.1. The fourth-order valence-corrected chi connectivity index (χ4v) is 4.58. The highest BCUT2D eigenvalue weighted by atomic mass is 16.6. The molecule has 1 aliphatic rings. The van der Waals surface area contributed by atoms with E-state index < -0.39 is 5.60 Å². The molecule has 1 saturated heterocycles. The first kappa shape index (κ1) is 25.0. The summed E-state index contributed by atoms with van der Waals surface area (Å²) >= 11 is 0. The number of hydrogen-bond acceptors (Lipinski definition) is 6. The summed E-state index contributed by atoms with van der Waals surface area (Å²) in [6.07, 6.45) is 6.23. The second-order valence-corrected chi connectivity index (χ2v) is 10.6. The van der Waals surface area contributed by atoms with Crippen molar-refractivity contribution in [3.05, 3.63) is 66.0 Å². The van der Waals surface area contributed by atoms with Crippen molar-refractivity contribution < 1.29 is 9.53 Å². The van der Waals surface area contributed by atoms with E-state index in [1.54, 1.807) is 4.90 Å². The number of rotatable bonds is 6. The molecule has 37 heavy (non-hydrogen) atoms. The Labute approximate surface area is 217 Å². The van der Waals surface area contributed by atoms with Crippen LogP contribution in [-0.4, -0.2) is 72.4 Å². The van der Waals surface area contributed by atoms with Crippen molar-refractivity contribution >= 4 is 17.1 Å². The van der Waals surface area contributed by atoms with Gasteiger partial charge in [0, 0.05) is 69.3 Å². The van der Waals surface area contributed by atoms with Crippen LogP contribution >= 0.6 is 0 Å². The summed E-state index contributed by atoms with van der Waals surface area (Å²) in [4.78, 5) is 29.3. The van der Waals surface area contributed by atoms with Crippen LogP contribution in [0, 0.1) is 0 Å². The van der Waals surface area contributed by atoms with Gasteiger partial charge < -0.3 is 14.6 Å². The van der Waals surface area contributed by atoms with E-state index >= 15 is 0 Å². The second kappa shape index (κ2) is 10.3. The number of pyridine rings is 1. The molecule has 0 unspecified atom stereocenters. The number of aromatic amines is 1. The van der Waals surface area contributed by atoms with E-state index in [0.29, 0.717) is 19.5 Å². The molecule has 9 heteroatoms. The van der Waals surface area contributed by atoms with Gasteiger partial charge in [0.05, 0.1) is 17.2 Å². The Balaban J connectivity index is 1.20. The van der Waals surface area contributed by atoms with Gasteiger partial charge in [0.15, 0.2) is 0 Å². The number of carbonyl (C=O) groups excluding carboxylic acids is 1. The van der Waals surface area contributed by atoms with Crippen molar-refractivity contribution in [1.29, 1.82) is 0 Å². The molecule has 1 aliphatic heterocycles. The first-order valence-electron chi connectivity index (χ1n) is 12.9. The summed E-state index contributed by atoms with van der Waals surface area (Å²) in [5.41, 5.74) is 5.89. The van der Waals surface area contributed by atoms with Crippen molar-refractivity contribution in [2.75, 3.05) is 26.2 Å². The molecule has 4 aromatic rings. The van der Waals surface area contributed by atoms with Gasteiger partial charge >= 0.3 is 6.09 Å². The lowest BCUT2D eigenvalue weighted by Crippen LogP contribution is -2.49. The molecular weight excluding hydrogens is 466 g/mol. The van der Waals surface area contributed by atoms with Gasteiger partial charge in [0.2, 0.25) is 0 Å². The molecule has 0 radical (unpaired) electrons. The molecule has 1 N–H and O–H groups in total. The number of carbonyl (C=O) groups is 1. The topological polar surface area (TPSA) is 92.2 Å². The summed E-state index contributed by atoms with van der Waals surface area (Å²) in [7, 11) is 0. The van der Waals surface area contributed by atoms with Gasteiger partial charge in [-0.1, -0.05) is 6.07 Å².